The molecule has 0 atom stereocenters. The maximum atomic E-state index is 9.94. The van der Waals surface area contributed by atoms with E-state index in [0.29, 0.717) is 12.0 Å². The Morgan fingerprint density at radius 3 is 0.838 bits per heavy atom. The van der Waals surface area contributed by atoms with E-state index in [1.165, 1.54) is 315 Å². The van der Waals surface area contributed by atoms with Crippen molar-refractivity contribution in [2.24, 2.45) is 0 Å². The molecule has 0 bridgehead atoms. The van der Waals surface area contributed by atoms with Crippen molar-refractivity contribution < 1.29 is 10.0 Å². The number of fused-ring (bicyclic) bond motifs is 2. The molecule has 5 heteroatoms. The molecule has 0 saturated carbocycles. The molecule has 0 fully saturated rings. The van der Waals surface area contributed by atoms with Gasteiger partial charge in [-0.05, 0) is 75.8 Å². The lowest BCUT2D eigenvalue weighted by atomic mass is 9.77. The average Bonchev–Trinajstić information content (AvgIpc) is 3.41. The Labute approximate surface area is 463 Å². The quantitative estimate of drug-likeness (QED) is 0.0179. The first-order valence-electron chi connectivity index (χ1n) is 32.2. The fourth-order valence-corrected chi connectivity index (χ4v) is 12.4. The highest BCUT2D eigenvalue weighted by Gasteiger charge is 2.19. The van der Waals surface area contributed by atoms with E-state index in [-0.39, 0.29) is 0 Å². The largest absolute Gasteiger partial charge is 0.488 e. The zero-order valence-electron chi connectivity index (χ0n) is 48.2. The standard InChI is InChI=1S/C69H114BNO2S/c1-71(60-62-52-45-50-58-69(62)70(72)73)61-68-66-56-48-46-54-64(66)63(65-55-47-49-57-67(65)68)53-44-42-40-38-36-34-32-30-28-26-24-22-20-18-16-14-12-10-8-6-4-2-3-5-7-9-11-13-15-17-19-21-23-25-27-29-31-33-35-37-39-41-43-51-59-74/h45-50,52,54-58,72-74H,2-44,51,53,59-61H2,1H3. The molecule has 0 amide bonds. The Bertz CT molecular complexity index is 1860. The lowest BCUT2D eigenvalue weighted by Gasteiger charge is -2.23. The molecule has 0 spiro atoms. The molecule has 416 valence electrons. The van der Waals surface area contributed by atoms with E-state index >= 15 is 0 Å². The number of rotatable bonds is 51. The van der Waals surface area contributed by atoms with Crippen molar-refractivity contribution in [3.8, 4) is 0 Å². The molecular weight excluding hydrogens is 918 g/mol. The van der Waals surface area contributed by atoms with Gasteiger partial charge >= 0.3 is 7.12 Å². The van der Waals surface area contributed by atoms with Crippen LogP contribution in [0.5, 0.6) is 0 Å². The predicted octanol–water partition coefficient (Wildman–Crippen LogP) is 20.9. The average molecular weight is 1030 g/mol. The second kappa shape index (κ2) is 44.7. The lowest BCUT2D eigenvalue weighted by Crippen LogP contribution is -2.35. The zero-order valence-corrected chi connectivity index (χ0v) is 49.1. The van der Waals surface area contributed by atoms with Crippen LogP contribution in [0.3, 0.4) is 0 Å². The van der Waals surface area contributed by atoms with Crippen molar-refractivity contribution in [1.82, 2.24) is 4.90 Å². The number of aryl methyl sites for hydroxylation is 1. The van der Waals surface area contributed by atoms with Gasteiger partial charge in [-0.25, -0.2) is 0 Å². The topological polar surface area (TPSA) is 43.7 Å². The fraction of sp³-hybridized carbons (Fsp3) is 0.710. The van der Waals surface area contributed by atoms with E-state index in [1.807, 2.05) is 18.2 Å². The molecule has 0 unspecified atom stereocenters. The van der Waals surface area contributed by atoms with E-state index in [4.69, 9.17) is 0 Å². The van der Waals surface area contributed by atoms with Gasteiger partial charge in [0.2, 0.25) is 0 Å². The van der Waals surface area contributed by atoms with Crippen LogP contribution in [0.1, 0.15) is 299 Å². The normalized spacial score (nSPS) is 11.8. The molecule has 4 rings (SSSR count). The first kappa shape index (κ1) is 64.2. The van der Waals surface area contributed by atoms with Crippen molar-refractivity contribution in [3.05, 3.63) is 89.5 Å². The highest BCUT2D eigenvalue weighted by atomic mass is 32.1. The Hall–Kier alpha value is -2.31. The summed E-state index contributed by atoms with van der Waals surface area (Å²) in [5.41, 5.74) is 4.38. The van der Waals surface area contributed by atoms with Gasteiger partial charge in [0.05, 0.1) is 0 Å². The smallest absolute Gasteiger partial charge is 0.423 e. The van der Waals surface area contributed by atoms with Crippen LogP contribution in [-0.4, -0.2) is 34.9 Å². The second-order valence-corrected chi connectivity index (χ2v) is 23.8. The molecule has 74 heavy (non-hydrogen) atoms. The summed E-state index contributed by atoms with van der Waals surface area (Å²) in [5.74, 6) is 1.06. The zero-order chi connectivity index (χ0) is 52.2. The first-order chi connectivity index (χ1) is 36.6. The summed E-state index contributed by atoms with van der Waals surface area (Å²) >= 11 is 4.31. The van der Waals surface area contributed by atoms with Crippen molar-refractivity contribution in [1.29, 1.82) is 0 Å². The van der Waals surface area contributed by atoms with Crippen LogP contribution in [0, 0.1) is 0 Å². The SMILES string of the molecule is CN(Cc1ccccc1B(O)O)Cc1c2ccccc2c(CCCCCCCCCCCCCCCCCCCCCCCCCCCCCCCCCCCCCCCCCCCCCCS)c2ccccc12. The van der Waals surface area contributed by atoms with Gasteiger partial charge in [-0.1, -0.05) is 342 Å². The highest BCUT2D eigenvalue weighted by Crippen LogP contribution is 2.35. The molecular formula is C69H114BNO2S. The summed E-state index contributed by atoms with van der Waals surface area (Å²) < 4.78 is 0. The van der Waals surface area contributed by atoms with Crippen molar-refractivity contribution >= 4 is 46.8 Å². The molecule has 0 radical (unpaired) electrons. The van der Waals surface area contributed by atoms with Crippen molar-refractivity contribution in [2.45, 2.75) is 302 Å². The van der Waals surface area contributed by atoms with Gasteiger partial charge in [-0.3, -0.25) is 4.90 Å². The van der Waals surface area contributed by atoms with E-state index in [2.05, 4.69) is 73.1 Å². The first-order valence-corrected chi connectivity index (χ1v) is 32.9. The summed E-state index contributed by atoms with van der Waals surface area (Å²) in [5, 5.41) is 25.3. The monoisotopic (exact) mass is 1030 g/mol. The van der Waals surface area contributed by atoms with Gasteiger partial charge in [-0.2, -0.15) is 12.6 Å². The maximum Gasteiger partial charge on any atom is 0.488 e. The van der Waals surface area contributed by atoms with Gasteiger partial charge in [0.25, 0.3) is 0 Å². The van der Waals surface area contributed by atoms with E-state index in [0.717, 1.165) is 24.3 Å². The van der Waals surface area contributed by atoms with Crippen molar-refractivity contribution in [2.75, 3.05) is 12.8 Å². The lowest BCUT2D eigenvalue weighted by molar-refractivity contribution is 0.321. The molecule has 0 heterocycles. The molecule has 0 aromatic heterocycles. The number of unbranched alkanes of at least 4 members (excludes halogenated alkanes) is 43. The minimum absolute atomic E-state index is 0.580. The molecule has 0 saturated heterocycles. The minimum atomic E-state index is -1.46. The number of nitrogens with zero attached hydrogens (tertiary/aromatic N) is 1. The molecule has 4 aromatic carbocycles. The van der Waals surface area contributed by atoms with Crippen LogP contribution >= 0.6 is 12.6 Å². The number of benzene rings is 4. The minimum Gasteiger partial charge on any atom is -0.423 e. The van der Waals surface area contributed by atoms with Crippen LogP contribution in [0.15, 0.2) is 72.8 Å². The van der Waals surface area contributed by atoms with Gasteiger partial charge in [-0.15, -0.1) is 0 Å². The van der Waals surface area contributed by atoms with Crippen LogP contribution in [-0.2, 0) is 19.5 Å². The number of hydrogen-bond acceptors (Lipinski definition) is 4. The number of thiol groups is 1. The van der Waals surface area contributed by atoms with Gasteiger partial charge in [0.15, 0.2) is 0 Å². The van der Waals surface area contributed by atoms with E-state index in [9.17, 15) is 10.0 Å². The van der Waals surface area contributed by atoms with Gasteiger partial charge in [0, 0.05) is 13.1 Å². The van der Waals surface area contributed by atoms with E-state index in [1.54, 1.807) is 6.07 Å². The third-order valence-corrected chi connectivity index (χ3v) is 17.0. The van der Waals surface area contributed by atoms with Crippen molar-refractivity contribution in [3.63, 3.8) is 0 Å². The second-order valence-electron chi connectivity index (χ2n) is 23.3. The molecule has 0 aliphatic rings. The van der Waals surface area contributed by atoms with Crippen LogP contribution in [0.25, 0.3) is 21.5 Å². The molecule has 3 nitrogen and oxygen atoms in total. The van der Waals surface area contributed by atoms with Gasteiger partial charge < -0.3 is 10.0 Å². The van der Waals surface area contributed by atoms with Crippen LogP contribution in [0.2, 0.25) is 0 Å². The summed E-state index contributed by atoms with van der Waals surface area (Å²) in [6.45, 7) is 1.44. The molecule has 0 aliphatic heterocycles. The summed E-state index contributed by atoms with van der Waals surface area (Å²) in [4.78, 5) is 2.29. The molecule has 0 aliphatic carbocycles. The summed E-state index contributed by atoms with van der Waals surface area (Å²) in [6.07, 6.45) is 64.8. The number of hydrogen-bond donors (Lipinski definition) is 3. The maximum absolute atomic E-state index is 9.94. The third kappa shape index (κ3) is 29.4. The Morgan fingerprint density at radius 1 is 0.311 bits per heavy atom. The molecule has 2 N–H and O–H groups in total. The predicted molar refractivity (Wildman–Crippen MR) is 334 cm³/mol. The molecule has 4 aromatic rings. The highest BCUT2D eigenvalue weighted by molar-refractivity contribution is 7.80. The van der Waals surface area contributed by atoms with E-state index < -0.39 is 7.12 Å². The summed E-state index contributed by atoms with van der Waals surface area (Å²) in [6, 6.07) is 25.6. The Kier molecular flexibility index (Phi) is 38.8. The van der Waals surface area contributed by atoms with Crippen LogP contribution in [0.4, 0.5) is 0 Å². The Morgan fingerprint density at radius 2 is 0.554 bits per heavy atom. The van der Waals surface area contributed by atoms with Gasteiger partial charge in [0.1, 0.15) is 0 Å². The summed E-state index contributed by atoms with van der Waals surface area (Å²) in [7, 11) is 0.669. The fourth-order valence-electron chi connectivity index (χ4n) is 12.1. The van der Waals surface area contributed by atoms with Crippen LogP contribution < -0.4 is 5.46 Å². The third-order valence-electron chi connectivity index (χ3n) is 16.7. The Balaban J connectivity index is 0.851.